The molecule has 0 saturated carbocycles. The standard InChI is InChI=1S/C28H33N3O9S2/c1-37-26-13-12-25(20-27(26)38-2)42(35,36)31(22-6-4-3-5-7-22)21-28(32)29-14-17-40-23-8-10-24(11-9-23)41(33,34)30-15-18-39-19-16-30/h3-13,20H,14-19,21H2,1-2H3,(H,29,32). The van der Waals surface area contributed by atoms with E-state index in [9.17, 15) is 21.6 Å². The van der Waals surface area contributed by atoms with Crippen LogP contribution in [0, 0.1) is 0 Å². The van der Waals surface area contributed by atoms with E-state index in [0.717, 1.165) is 4.31 Å². The average Bonchev–Trinajstić information content (AvgIpc) is 3.02. The van der Waals surface area contributed by atoms with E-state index >= 15 is 0 Å². The zero-order valence-electron chi connectivity index (χ0n) is 23.3. The Morgan fingerprint density at radius 2 is 1.52 bits per heavy atom. The second kappa shape index (κ2) is 13.9. The Morgan fingerprint density at radius 1 is 0.881 bits per heavy atom. The molecule has 0 bridgehead atoms. The lowest BCUT2D eigenvalue weighted by molar-refractivity contribution is -0.119. The summed E-state index contributed by atoms with van der Waals surface area (Å²) in [4.78, 5) is 12.9. The number of methoxy groups -OCH3 is 2. The lowest BCUT2D eigenvalue weighted by Gasteiger charge is -2.26. The minimum absolute atomic E-state index is 0.0702. The van der Waals surface area contributed by atoms with Crippen molar-refractivity contribution in [1.29, 1.82) is 0 Å². The molecule has 14 heteroatoms. The number of morpholine rings is 1. The predicted molar refractivity (Wildman–Crippen MR) is 155 cm³/mol. The summed E-state index contributed by atoms with van der Waals surface area (Å²) in [7, 11) is -4.92. The first-order valence-electron chi connectivity index (χ1n) is 13.0. The van der Waals surface area contributed by atoms with Crippen LogP contribution in [-0.2, 0) is 29.6 Å². The number of hydrogen-bond donors (Lipinski definition) is 1. The zero-order valence-corrected chi connectivity index (χ0v) is 24.9. The van der Waals surface area contributed by atoms with Gasteiger partial charge in [-0.2, -0.15) is 4.31 Å². The van der Waals surface area contributed by atoms with E-state index in [1.54, 1.807) is 42.5 Å². The third-order valence-corrected chi connectivity index (χ3v) is 10.1. The smallest absolute Gasteiger partial charge is 0.264 e. The van der Waals surface area contributed by atoms with E-state index in [1.165, 1.54) is 48.9 Å². The van der Waals surface area contributed by atoms with Crippen LogP contribution in [0.25, 0.3) is 0 Å². The van der Waals surface area contributed by atoms with Crippen LogP contribution < -0.4 is 23.8 Å². The van der Waals surface area contributed by atoms with Gasteiger partial charge >= 0.3 is 0 Å². The summed E-state index contributed by atoms with van der Waals surface area (Å²) >= 11 is 0. The lowest BCUT2D eigenvalue weighted by atomic mass is 10.3. The molecule has 1 amide bonds. The van der Waals surface area contributed by atoms with E-state index in [0.29, 0.717) is 43.5 Å². The van der Waals surface area contributed by atoms with Gasteiger partial charge in [0, 0.05) is 19.2 Å². The molecule has 3 aromatic rings. The highest BCUT2D eigenvalue weighted by Crippen LogP contribution is 2.32. The Balaban J connectivity index is 1.37. The number of sulfonamides is 2. The molecule has 1 saturated heterocycles. The minimum Gasteiger partial charge on any atom is -0.493 e. The van der Waals surface area contributed by atoms with E-state index in [-0.39, 0.29) is 28.7 Å². The fraction of sp³-hybridized carbons (Fsp3) is 0.321. The van der Waals surface area contributed by atoms with Crippen LogP contribution in [0.1, 0.15) is 0 Å². The Labute approximate surface area is 245 Å². The number of rotatable bonds is 13. The fourth-order valence-corrected chi connectivity index (χ4v) is 7.05. The summed E-state index contributed by atoms with van der Waals surface area (Å²) < 4.78 is 76.5. The number of hydrogen-bond acceptors (Lipinski definition) is 9. The third-order valence-electron chi connectivity index (χ3n) is 6.40. The zero-order chi connectivity index (χ0) is 30.2. The maximum Gasteiger partial charge on any atom is 0.264 e. The van der Waals surface area contributed by atoms with E-state index < -0.39 is 32.5 Å². The molecule has 4 rings (SSSR count). The Bertz CT molecular complexity index is 1560. The van der Waals surface area contributed by atoms with Gasteiger partial charge in [0.05, 0.1) is 49.5 Å². The van der Waals surface area contributed by atoms with Crippen LogP contribution in [0.15, 0.2) is 82.6 Å². The summed E-state index contributed by atoms with van der Waals surface area (Å²) in [5.41, 5.74) is 0.311. The first-order valence-corrected chi connectivity index (χ1v) is 15.9. The molecule has 42 heavy (non-hydrogen) atoms. The highest BCUT2D eigenvalue weighted by molar-refractivity contribution is 7.92. The summed E-state index contributed by atoms with van der Waals surface area (Å²) in [6.45, 7) is 1.01. The van der Waals surface area contributed by atoms with Crippen molar-refractivity contribution in [1.82, 2.24) is 9.62 Å². The average molecular weight is 620 g/mol. The maximum absolute atomic E-state index is 13.6. The number of ether oxygens (including phenoxy) is 4. The molecule has 1 N–H and O–H groups in total. The van der Waals surface area contributed by atoms with Gasteiger partial charge in [0.1, 0.15) is 18.9 Å². The van der Waals surface area contributed by atoms with Crippen LogP contribution in [0.5, 0.6) is 17.2 Å². The van der Waals surface area contributed by atoms with Crippen LogP contribution >= 0.6 is 0 Å². The topological polar surface area (TPSA) is 141 Å². The largest absolute Gasteiger partial charge is 0.493 e. The molecule has 1 aliphatic rings. The number of benzene rings is 3. The molecule has 1 fully saturated rings. The highest BCUT2D eigenvalue weighted by atomic mass is 32.2. The summed E-state index contributed by atoms with van der Waals surface area (Å²) in [6.07, 6.45) is 0. The van der Waals surface area contributed by atoms with Crippen molar-refractivity contribution in [3.63, 3.8) is 0 Å². The number of carbonyl (C=O) groups excluding carboxylic acids is 1. The summed E-state index contributed by atoms with van der Waals surface area (Å²) in [5, 5.41) is 2.67. The molecule has 0 radical (unpaired) electrons. The number of amides is 1. The number of nitrogens with zero attached hydrogens (tertiary/aromatic N) is 2. The SMILES string of the molecule is COc1ccc(S(=O)(=O)N(CC(=O)NCCOc2ccc(S(=O)(=O)N3CCOCC3)cc2)c2ccccc2)cc1OC. The van der Waals surface area contributed by atoms with Gasteiger partial charge in [-0.3, -0.25) is 9.10 Å². The molecule has 1 aliphatic heterocycles. The van der Waals surface area contributed by atoms with Crippen molar-refractivity contribution in [2.45, 2.75) is 9.79 Å². The van der Waals surface area contributed by atoms with Crippen LogP contribution in [0.3, 0.4) is 0 Å². The highest BCUT2D eigenvalue weighted by Gasteiger charge is 2.29. The number of carbonyl (C=O) groups is 1. The second-order valence-electron chi connectivity index (χ2n) is 9.05. The fourth-order valence-electron chi connectivity index (χ4n) is 4.20. The molecule has 3 aromatic carbocycles. The first-order chi connectivity index (χ1) is 20.2. The van der Waals surface area contributed by atoms with Crippen molar-refractivity contribution in [3.05, 3.63) is 72.8 Å². The normalized spacial score (nSPS) is 14.1. The minimum atomic E-state index is -4.16. The molecule has 0 atom stereocenters. The first kappa shape index (κ1) is 31.1. The molecular formula is C28H33N3O9S2. The van der Waals surface area contributed by atoms with Crippen molar-refractivity contribution in [2.24, 2.45) is 0 Å². The van der Waals surface area contributed by atoms with Gasteiger partial charge < -0.3 is 24.3 Å². The third kappa shape index (κ3) is 7.31. The van der Waals surface area contributed by atoms with Gasteiger partial charge in [-0.1, -0.05) is 18.2 Å². The van der Waals surface area contributed by atoms with E-state index in [1.807, 2.05) is 0 Å². The van der Waals surface area contributed by atoms with Crippen LogP contribution in [0.2, 0.25) is 0 Å². The van der Waals surface area contributed by atoms with Gasteiger partial charge in [0.15, 0.2) is 11.5 Å². The van der Waals surface area contributed by atoms with Crippen LogP contribution in [0.4, 0.5) is 5.69 Å². The monoisotopic (exact) mass is 619 g/mol. The van der Waals surface area contributed by atoms with E-state index in [4.69, 9.17) is 18.9 Å². The van der Waals surface area contributed by atoms with Crippen molar-refractivity contribution in [2.75, 3.05) is 64.5 Å². The maximum atomic E-state index is 13.6. The molecule has 0 aromatic heterocycles. The number of para-hydroxylation sites is 1. The molecule has 0 spiro atoms. The quantitative estimate of drug-likeness (QED) is 0.285. The van der Waals surface area contributed by atoms with Crippen molar-refractivity contribution >= 4 is 31.6 Å². The lowest BCUT2D eigenvalue weighted by Crippen LogP contribution is -2.41. The van der Waals surface area contributed by atoms with Gasteiger partial charge in [0.2, 0.25) is 15.9 Å². The van der Waals surface area contributed by atoms with E-state index in [2.05, 4.69) is 5.32 Å². The molecule has 12 nitrogen and oxygen atoms in total. The van der Waals surface area contributed by atoms with Crippen molar-refractivity contribution in [3.8, 4) is 17.2 Å². The second-order valence-corrected chi connectivity index (χ2v) is 12.9. The Hall–Kier alpha value is -3.85. The number of anilines is 1. The number of nitrogens with one attached hydrogen (secondary N) is 1. The van der Waals surface area contributed by atoms with Crippen LogP contribution in [-0.4, -0.2) is 87.3 Å². The molecular weight excluding hydrogens is 586 g/mol. The molecule has 1 heterocycles. The molecule has 0 aliphatic carbocycles. The predicted octanol–water partition coefficient (Wildman–Crippen LogP) is 2.12. The van der Waals surface area contributed by atoms with Gasteiger partial charge in [-0.05, 0) is 48.5 Å². The molecule has 226 valence electrons. The Kier molecular flexibility index (Phi) is 10.3. The summed E-state index contributed by atoms with van der Waals surface area (Å²) in [5.74, 6) is 0.485. The van der Waals surface area contributed by atoms with Gasteiger partial charge in [0.25, 0.3) is 10.0 Å². The van der Waals surface area contributed by atoms with Crippen molar-refractivity contribution < 1.29 is 40.6 Å². The van der Waals surface area contributed by atoms with Gasteiger partial charge in [-0.25, -0.2) is 16.8 Å². The molecule has 0 unspecified atom stereocenters. The Morgan fingerprint density at radius 3 is 2.17 bits per heavy atom. The summed E-state index contributed by atoms with van der Waals surface area (Å²) in [6, 6.07) is 18.5. The van der Waals surface area contributed by atoms with Gasteiger partial charge in [-0.15, -0.1) is 0 Å².